The number of benzene rings is 2. The lowest BCUT2D eigenvalue weighted by molar-refractivity contribution is -0.124. The Kier molecular flexibility index (Phi) is 4.90. The predicted octanol–water partition coefficient (Wildman–Crippen LogP) is 2.90. The van der Waals surface area contributed by atoms with Crippen LogP contribution in [0.1, 0.15) is 23.3 Å². The second-order valence-electron chi connectivity index (χ2n) is 6.62. The topological polar surface area (TPSA) is 100 Å². The SMILES string of the molecule is O=C(Nc1ccc(NC(=O)[C@H]2CCCO2)cc1)c1cc2ccccc2c(=O)[nH]1. The van der Waals surface area contributed by atoms with Gasteiger partial charge in [-0.05, 0) is 54.6 Å². The van der Waals surface area contributed by atoms with E-state index in [4.69, 9.17) is 4.74 Å². The van der Waals surface area contributed by atoms with Gasteiger partial charge in [-0.25, -0.2) is 0 Å². The quantitative estimate of drug-likeness (QED) is 0.651. The molecule has 0 saturated carbocycles. The molecule has 0 radical (unpaired) electrons. The Hall–Kier alpha value is -3.45. The summed E-state index contributed by atoms with van der Waals surface area (Å²) in [6, 6.07) is 15.5. The van der Waals surface area contributed by atoms with Gasteiger partial charge in [0.25, 0.3) is 17.4 Å². The Bertz CT molecular complexity index is 1080. The zero-order valence-electron chi connectivity index (χ0n) is 15.0. The molecule has 28 heavy (non-hydrogen) atoms. The summed E-state index contributed by atoms with van der Waals surface area (Å²) in [7, 11) is 0. The molecular weight excluding hydrogens is 358 g/mol. The van der Waals surface area contributed by atoms with Crippen molar-refractivity contribution in [3.05, 3.63) is 70.6 Å². The largest absolute Gasteiger partial charge is 0.368 e. The summed E-state index contributed by atoms with van der Waals surface area (Å²) in [5.41, 5.74) is 1.04. The Morgan fingerprint density at radius 3 is 2.43 bits per heavy atom. The Morgan fingerprint density at radius 2 is 1.71 bits per heavy atom. The molecular formula is C21H19N3O4. The molecule has 3 aromatic rings. The minimum absolute atomic E-state index is 0.164. The molecule has 142 valence electrons. The molecule has 2 aromatic carbocycles. The fourth-order valence-corrected chi connectivity index (χ4v) is 3.18. The van der Waals surface area contributed by atoms with Crippen molar-refractivity contribution in [2.45, 2.75) is 18.9 Å². The predicted molar refractivity (Wildman–Crippen MR) is 107 cm³/mol. The van der Waals surface area contributed by atoms with Crippen LogP contribution in [0.3, 0.4) is 0 Å². The van der Waals surface area contributed by atoms with Crippen LogP contribution in [0.5, 0.6) is 0 Å². The first-order valence-corrected chi connectivity index (χ1v) is 9.06. The van der Waals surface area contributed by atoms with E-state index in [0.717, 1.165) is 12.8 Å². The lowest BCUT2D eigenvalue weighted by Gasteiger charge is -2.11. The van der Waals surface area contributed by atoms with Crippen molar-refractivity contribution >= 4 is 34.0 Å². The Morgan fingerprint density at radius 1 is 1.00 bits per heavy atom. The number of hydrogen-bond acceptors (Lipinski definition) is 4. The van der Waals surface area contributed by atoms with Gasteiger partial charge in [-0.3, -0.25) is 14.4 Å². The molecule has 0 spiro atoms. The highest BCUT2D eigenvalue weighted by molar-refractivity contribution is 6.05. The average Bonchev–Trinajstić information content (AvgIpc) is 3.24. The second-order valence-corrected chi connectivity index (χ2v) is 6.62. The van der Waals surface area contributed by atoms with Gasteiger partial charge in [0.05, 0.1) is 0 Å². The standard InChI is InChI=1S/C21H19N3O4/c25-19-16-5-2-1-4-13(16)12-17(24-19)20(26)22-14-7-9-15(10-8-14)23-21(27)18-6-3-11-28-18/h1-2,4-5,7-10,12,18H,3,6,11H2,(H,22,26)(H,23,27)(H,24,25)/t18-/m1/s1. The van der Waals surface area contributed by atoms with E-state index in [9.17, 15) is 14.4 Å². The van der Waals surface area contributed by atoms with Crippen molar-refractivity contribution < 1.29 is 14.3 Å². The van der Waals surface area contributed by atoms with Crippen LogP contribution in [0, 0.1) is 0 Å². The van der Waals surface area contributed by atoms with Crippen molar-refractivity contribution in [1.29, 1.82) is 0 Å². The van der Waals surface area contributed by atoms with Crippen LogP contribution in [0.15, 0.2) is 59.4 Å². The summed E-state index contributed by atoms with van der Waals surface area (Å²) in [5.74, 6) is -0.581. The van der Waals surface area contributed by atoms with Crippen LogP contribution in [-0.2, 0) is 9.53 Å². The number of carbonyl (C=O) groups is 2. The van der Waals surface area contributed by atoms with Crippen molar-refractivity contribution in [3.63, 3.8) is 0 Å². The molecule has 0 bridgehead atoms. The molecule has 1 aromatic heterocycles. The van der Waals surface area contributed by atoms with E-state index in [1.165, 1.54) is 0 Å². The van der Waals surface area contributed by atoms with Gasteiger partial charge in [0, 0.05) is 23.4 Å². The molecule has 1 saturated heterocycles. The van der Waals surface area contributed by atoms with Gasteiger partial charge in [-0.1, -0.05) is 18.2 Å². The summed E-state index contributed by atoms with van der Waals surface area (Å²) >= 11 is 0. The van der Waals surface area contributed by atoms with Crippen molar-refractivity contribution in [3.8, 4) is 0 Å². The third-order valence-corrected chi connectivity index (χ3v) is 4.63. The fourth-order valence-electron chi connectivity index (χ4n) is 3.18. The molecule has 4 rings (SSSR count). The maximum absolute atomic E-state index is 12.5. The molecule has 2 amide bonds. The first-order chi connectivity index (χ1) is 13.6. The number of nitrogens with one attached hydrogen (secondary N) is 3. The molecule has 0 unspecified atom stereocenters. The first-order valence-electron chi connectivity index (χ1n) is 9.06. The lowest BCUT2D eigenvalue weighted by atomic mass is 10.1. The van der Waals surface area contributed by atoms with E-state index in [1.54, 1.807) is 48.5 Å². The Labute approximate surface area is 160 Å². The molecule has 7 heteroatoms. The van der Waals surface area contributed by atoms with E-state index in [1.807, 2.05) is 6.07 Å². The average molecular weight is 377 g/mol. The minimum Gasteiger partial charge on any atom is -0.368 e. The maximum Gasteiger partial charge on any atom is 0.272 e. The van der Waals surface area contributed by atoms with Gasteiger partial charge in [0.1, 0.15) is 11.8 Å². The zero-order chi connectivity index (χ0) is 19.5. The number of H-pyrrole nitrogens is 1. The van der Waals surface area contributed by atoms with Crippen LogP contribution < -0.4 is 16.2 Å². The smallest absolute Gasteiger partial charge is 0.272 e. The van der Waals surface area contributed by atoms with E-state index < -0.39 is 12.0 Å². The van der Waals surface area contributed by atoms with Crippen molar-refractivity contribution in [2.24, 2.45) is 0 Å². The number of fused-ring (bicyclic) bond motifs is 1. The summed E-state index contributed by atoms with van der Waals surface area (Å²) in [5, 5.41) is 6.77. The van der Waals surface area contributed by atoms with Crippen LogP contribution >= 0.6 is 0 Å². The molecule has 1 aliphatic rings. The van der Waals surface area contributed by atoms with E-state index >= 15 is 0 Å². The summed E-state index contributed by atoms with van der Waals surface area (Å²) in [4.78, 5) is 39.3. The number of rotatable bonds is 4. The fraction of sp³-hybridized carbons (Fsp3) is 0.190. The van der Waals surface area contributed by atoms with Gasteiger partial charge in [-0.2, -0.15) is 0 Å². The molecule has 7 nitrogen and oxygen atoms in total. The van der Waals surface area contributed by atoms with Gasteiger partial charge in [-0.15, -0.1) is 0 Å². The van der Waals surface area contributed by atoms with Crippen LogP contribution in [0.4, 0.5) is 11.4 Å². The Balaban J connectivity index is 1.44. The molecule has 1 fully saturated rings. The third kappa shape index (κ3) is 3.79. The highest BCUT2D eigenvalue weighted by Gasteiger charge is 2.23. The molecule has 1 atom stereocenters. The van der Waals surface area contributed by atoms with Crippen LogP contribution in [0.2, 0.25) is 0 Å². The van der Waals surface area contributed by atoms with Crippen molar-refractivity contribution in [2.75, 3.05) is 17.2 Å². The number of aromatic amines is 1. The van der Waals surface area contributed by atoms with Gasteiger partial charge in [0.15, 0.2) is 0 Å². The zero-order valence-corrected chi connectivity index (χ0v) is 15.0. The number of anilines is 2. The van der Waals surface area contributed by atoms with E-state index in [-0.39, 0.29) is 17.2 Å². The highest BCUT2D eigenvalue weighted by atomic mass is 16.5. The van der Waals surface area contributed by atoms with Crippen molar-refractivity contribution in [1.82, 2.24) is 4.98 Å². The lowest BCUT2D eigenvalue weighted by Crippen LogP contribution is -2.26. The first kappa shape index (κ1) is 17.9. The van der Waals surface area contributed by atoms with E-state index in [0.29, 0.717) is 28.8 Å². The number of aromatic nitrogens is 1. The number of hydrogen-bond donors (Lipinski definition) is 3. The number of pyridine rings is 1. The summed E-state index contributed by atoms with van der Waals surface area (Å²) in [6.45, 7) is 0.611. The van der Waals surface area contributed by atoms with Crippen LogP contribution in [-0.4, -0.2) is 29.5 Å². The molecule has 1 aliphatic heterocycles. The van der Waals surface area contributed by atoms with Gasteiger partial charge >= 0.3 is 0 Å². The highest BCUT2D eigenvalue weighted by Crippen LogP contribution is 2.18. The van der Waals surface area contributed by atoms with Gasteiger partial charge in [0.2, 0.25) is 0 Å². The van der Waals surface area contributed by atoms with E-state index in [2.05, 4.69) is 15.6 Å². The molecule has 0 aliphatic carbocycles. The number of ether oxygens (including phenoxy) is 1. The third-order valence-electron chi connectivity index (χ3n) is 4.63. The molecule has 3 N–H and O–H groups in total. The number of carbonyl (C=O) groups excluding carboxylic acids is 2. The normalized spacial score (nSPS) is 16.1. The monoisotopic (exact) mass is 377 g/mol. The number of amides is 2. The minimum atomic E-state index is -0.418. The van der Waals surface area contributed by atoms with Crippen LogP contribution in [0.25, 0.3) is 10.8 Å². The molecule has 2 heterocycles. The summed E-state index contributed by atoms with van der Waals surface area (Å²) < 4.78 is 5.35. The maximum atomic E-state index is 12.5. The second kappa shape index (κ2) is 7.66. The summed E-state index contributed by atoms with van der Waals surface area (Å²) in [6.07, 6.45) is 1.22. The van der Waals surface area contributed by atoms with Gasteiger partial charge < -0.3 is 20.4 Å².